The highest BCUT2D eigenvalue weighted by Gasteiger charge is 2.29. The predicted molar refractivity (Wildman–Crippen MR) is 158 cm³/mol. The molecule has 7 heteroatoms. The summed E-state index contributed by atoms with van der Waals surface area (Å²) in [6, 6.07) is 10.5. The third-order valence-electron chi connectivity index (χ3n) is 7.87. The number of fused-ring (bicyclic) bond motifs is 3. The quantitative estimate of drug-likeness (QED) is 0.386. The van der Waals surface area contributed by atoms with E-state index in [4.69, 9.17) is 9.97 Å². The van der Waals surface area contributed by atoms with Gasteiger partial charge in [-0.3, -0.25) is 9.69 Å². The summed E-state index contributed by atoms with van der Waals surface area (Å²) in [7, 11) is 0. The molecule has 1 fully saturated rings. The van der Waals surface area contributed by atoms with Gasteiger partial charge in [0.1, 0.15) is 16.5 Å². The topological polar surface area (TPSA) is 52.6 Å². The lowest BCUT2D eigenvalue weighted by atomic mass is 9.84. The molecule has 2 aliphatic rings. The summed E-state index contributed by atoms with van der Waals surface area (Å²) < 4.78 is 0. The summed E-state index contributed by atoms with van der Waals surface area (Å²) in [5.74, 6) is 2.67. The fraction of sp³-hybridized carbons (Fsp3) is 0.581. The number of piperazine rings is 1. The van der Waals surface area contributed by atoms with Crippen molar-refractivity contribution in [3.63, 3.8) is 0 Å². The first-order valence-corrected chi connectivity index (χ1v) is 15.1. The van der Waals surface area contributed by atoms with Crippen LogP contribution >= 0.6 is 11.3 Å². The van der Waals surface area contributed by atoms with E-state index in [9.17, 15) is 4.79 Å². The molecule has 0 aliphatic carbocycles. The van der Waals surface area contributed by atoms with Crippen LogP contribution in [0.5, 0.6) is 0 Å². The first-order chi connectivity index (χ1) is 18.2. The zero-order valence-electron chi connectivity index (χ0n) is 23.8. The van der Waals surface area contributed by atoms with Gasteiger partial charge >= 0.3 is 0 Å². The van der Waals surface area contributed by atoms with Crippen LogP contribution in [0.2, 0.25) is 0 Å². The van der Waals surface area contributed by atoms with Gasteiger partial charge < -0.3 is 9.80 Å². The number of nitrogens with zero attached hydrogens (tertiary/aromatic N) is 5. The summed E-state index contributed by atoms with van der Waals surface area (Å²) >= 11 is 1.85. The maximum atomic E-state index is 13.1. The van der Waals surface area contributed by atoms with Crippen molar-refractivity contribution in [2.45, 2.75) is 66.8 Å². The molecule has 1 atom stereocenters. The van der Waals surface area contributed by atoms with Crippen molar-refractivity contribution in [2.24, 2.45) is 11.3 Å². The smallest absolute Gasteiger partial charge is 0.222 e. The summed E-state index contributed by atoms with van der Waals surface area (Å²) in [5, 5.41) is 1.26. The number of hydrogen-bond donors (Lipinski definition) is 0. The molecule has 0 saturated carbocycles. The summed E-state index contributed by atoms with van der Waals surface area (Å²) in [6.07, 6.45) is 3.50. The fourth-order valence-electron chi connectivity index (χ4n) is 6.14. The van der Waals surface area contributed by atoms with E-state index < -0.39 is 0 Å². The van der Waals surface area contributed by atoms with E-state index in [1.807, 2.05) is 11.3 Å². The molecule has 0 bridgehead atoms. The van der Waals surface area contributed by atoms with Crippen molar-refractivity contribution < 1.29 is 4.79 Å². The van der Waals surface area contributed by atoms with Crippen LogP contribution in [0.4, 0.5) is 5.82 Å². The number of carbonyl (C=O) groups excluding carboxylic acids is 1. The Bertz CT molecular complexity index is 1260. The van der Waals surface area contributed by atoms with Gasteiger partial charge in [-0.25, -0.2) is 9.97 Å². The molecular weight excluding hydrogens is 490 g/mol. The molecule has 0 radical (unpaired) electrons. The SMILES string of the molecule is CCN1CCc2c(sc3nc(Cc4ccccc4)nc(N4CCN(C(=O)CC(C)CC(C)(C)C)CC4)c23)C1. The molecule has 0 N–H and O–H groups in total. The van der Waals surface area contributed by atoms with Crippen LogP contribution in [-0.2, 0) is 24.2 Å². The van der Waals surface area contributed by atoms with Gasteiger partial charge in [-0.15, -0.1) is 11.3 Å². The number of carbonyl (C=O) groups is 1. The highest BCUT2D eigenvalue weighted by atomic mass is 32.1. The van der Waals surface area contributed by atoms with E-state index in [1.54, 1.807) is 0 Å². The predicted octanol–water partition coefficient (Wildman–Crippen LogP) is 5.77. The Hall–Kier alpha value is -2.51. The van der Waals surface area contributed by atoms with Crippen molar-refractivity contribution in [3.05, 3.63) is 52.2 Å². The second-order valence-electron chi connectivity index (χ2n) is 12.4. The lowest BCUT2D eigenvalue weighted by molar-refractivity contribution is -0.132. The number of benzene rings is 1. The van der Waals surface area contributed by atoms with Gasteiger partial charge in [0.15, 0.2) is 0 Å². The number of thiophene rings is 1. The molecule has 38 heavy (non-hydrogen) atoms. The van der Waals surface area contributed by atoms with Gasteiger partial charge in [-0.05, 0) is 41.8 Å². The fourth-order valence-corrected chi connectivity index (χ4v) is 7.42. The first-order valence-electron chi connectivity index (χ1n) is 14.3. The van der Waals surface area contributed by atoms with Gasteiger partial charge in [-0.1, -0.05) is 65.0 Å². The zero-order valence-corrected chi connectivity index (χ0v) is 24.6. The first kappa shape index (κ1) is 27.1. The van der Waals surface area contributed by atoms with E-state index in [-0.39, 0.29) is 5.41 Å². The standard InChI is InChI=1S/C31H43N5OS/c1-6-34-13-12-24-25(21-34)38-30-28(24)29(32-26(33-30)19-23-10-8-7-9-11-23)36-16-14-35(15-17-36)27(37)18-22(2)20-31(3,4)5/h7-11,22H,6,12-21H2,1-5H3. The summed E-state index contributed by atoms with van der Waals surface area (Å²) in [4.78, 5) is 33.0. The highest BCUT2D eigenvalue weighted by molar-refractivity contribution is 7.19. The number of amides is 1. The Labute approximate surface area is 232 Å². The largest absolute Gasteiger partial charge is 0.352 e. The maximum Gasteiger partial charge on any atom is 0.222 e. The molecule has 5 rings (SSSR count). The molecule has 3 aromatic rings. The molecule has 2 aromatic heterocycles. The molecule has 204 valence electrons. The second-order valence-corrected chi connectivity index (χ2v) is 13.5. The molecule has 1 unspecified atom stereocenters. The van der Waals surface area contributed by atoms with Crippen molar-refractivity contribution in [1.29, 1.82) is 0 Å². The number of rotatable bonds is 7. The van der Waals surface area contributed by atoms with Gasteiger partial charge in [0.2, 0.25) is 5.91 Å². The molecule has 1 amide bonds. The third-order valence-corrected chi connectivity index (χ3v) is 8.99. The van der Waals surface area contributed by atoms with Crippen LogP contribution in [0.25, 0.3) is 10.2 Å². The van der Waals surface area contributed by atoms with Crippen molar-refractivity contribution in [3.8, 4) is 0 Å². The van der Waals surface area contributed by atoms with E-state index in [0.717, 1.165) is 81.5 Å². The van der Waals surface area contributed by atoms with E-state index >= 15 is 0 Å². The highest BCUT2D eigenvalue weighted by Crippen LogP contribution is 2.39. The Kier molecular flexibility index (Phi) is 8.06. The molecule has 1 aromatic carbocycles. The molecule has 2 aliphatic heterocycles. The van der Waals surface area contributed by atoms with Crippen molar-refractivity contribution >= 4 is 33.3 Å². The van der Waals surface area contributed by atoms with Crippen molar-refractivity contribution in [1.82, 2.24) is 19.8 Å². The van der Waals surface area contributed by atoms with E-state index in [1.165, 1.54) is 21.4 Å². The average Bonchev–Trinajstić information content (AvgIpc) is 3.25. The molecule has 4 heterocycles. The Morgan fingerprint density at radius 2 is 1.79 bits per heavy atom. The monoisotopic (exact) mass is 533 g/mol. The van der Waals surface area contributed by atoms with Crippen LogP contribution in [0.3, 0.4) is 0 Å². The van der Waals surface area contributed by atoms with Gasteiger partial charge in [0.25, 0.3) is 0 Å². The van der Waals surface area contributed by atoms with Crippen molar-refractivity contribution in [2.75, 3.05) is 44.2 Å². The minimum absolute atomic E-state index is 0.252. The second kappa shape index (κ2) is 11.3. The van der Waals surface area contributed by atoms with E-state index in [2.05, 4.69) is 79.7 Å². The summed E-state index contributed by atoms with van der Waals surface area (Å²) in [6.45, 7) is 17.6. The molecule has 0 spiro atoms. The van der Waals surface area contributed by atoms with E-state index in [0.29, 0.717) is 18.2 Å². The summed E-state index contributed by atoms with van der Waals surface area (Å²) in [5.41, 5.74) is 2.93. The van der Waals surface area contributed by atoms with Gasteiger partial charge in [0, 0.05) is 57.0 Å². The number of hydrogen-bond acceptors (Lipinski definition) is 6. The third kappa shape index (κ3) is 6.20. The lowest BCUT2D eigenvalue weighted by Gasteiger charge is -2.36. The minimum atomic E-state index is 0.252. The lowest BCUT2D eigenvalue weighted by Crippen LogP contribution is -2.49. The Morgan fingerprint density at radius 1 is 1.05 bits per heavy atom. The van der Waals surface area contributed by atoms with Crippen LogP contribution in [0.15, 0.2) is 30.3 Å². The average molecular weight is 534 g/mol. The maximum absolute atomic E-state index is 13.1. The number of aromatic nitrogens is 2. The zero-order chi connectivity index (χ0) is 26.9. The Balaban J connectivity index is 1.38. The minimum Gasteiger partial charge on any atom is -0.352 e. The molecular formula is C31H43N5OS. The molecule has 1 saturated heterocycles. The van der Waals surface area contributed by atoms with Crippen LogP contribution in [-0.4, -0.2) is 64.9 Å². The normalized spacial score (nSPS) is 17.6. The number of anilines is 1. The van der Waals surface area contributed by atoms with Crippen LogP contribution in [0.1, 0.15) is 69.3 Å². The number of likely N-dealkylation sites (N-methyl/N-ethyl adjacent to an activating group) is 1. The van der Waals surface area contributed by atoms with Gasteiger partial charge in [0.05, 0.1) is 5.39 Å². The Morgan fingerprint density at radius 3 is 2.47 bits per heavy atom. The van der Waals surface area contributed by atoms with Crippen LogP contribution < -0.4 is 4.90 Å². The van der Waals surface area contributed by atoms with Crippen LogP contribution in [0, 0.1) is 11.3 Å². The molecule has 6 nitrogen and oxygen atoms in total. The van der Waals surface area contributed by atoms with Gasteiger partial charge in [-0.2, -0.15) is 0 Å².